The first-order chi connectivity index (χ1) is 19.5. The van der Waals surface area contributed by atoms with Crippen molar-refractivity contribution in [3.8, 4) is 28.6 Å². The van der Waals surface area contributed by atoms with Gasteiger partial charge < -0.3 is 16.2 Å². The van der Waals surface area contributed by atoms with Crippen molar-refractivity contribution >= 4 is 22.9 Å². The molecule has 0 fully saturated rings. The van der Waals surface area contributed by atoms with Gasteiger partial charge in [0.25, 0.3) is 5.91 Å². The van der Waals surface area contributed by atoms with E-state index in [-0.39, 0.29) is 17.7 Å². The number of nitrogens with one attached hydrogen (secondary N) is 1. The van der Waals surface area contributed by atoms with Crippen LogP contribution in [0.2, 0.25) is 0 Å². The Bertz CT molecular complexity index is 1880. The summed E-state index contributed by atoms with van der Waals surface area (Å²) in [6, 6.07) is 21.7. The number of carbonyl (C=O) groups excluding carboxylic acids is 1. The Morgan fingerprint density at radius 1 is 1.00 bits per heavy atom. The van der Waals surface area contributed by atoms with E-state index in [1.165, 1.54) is 12.1 Å². The first-order valence-electron chi connectivity index (χ1n) is 12.9. The number of amides is 1. The van der Waals surface area contributed by atoms with Crippen molar-refractivity contribution in [1.82, 2.24) is 34.6 Å². The molecule has 10 heteroatoms. The highest BCUT2D eigenvalue weighted by Gasteiger charge is 2.26. The van der Waals surface area contributed by atoms with Gasteiger partial charge in [-0.1, -0.05) is 6.07 Å². The van der Waals surface area contributed by atoms with E-state index in [0.717, 1.165) is 29.7 Å². The summed E-state index contributed by atoms with van der Waals surface area (Å²) in [4.78, 5) is 27.0. The summed E-state index contributed by atoms with van der Waals surface area (Å²) in [6.45, 7) is 0. The quantitative estimate of drug-likeness (QED) is 0.302. The number of benzene rings is 2. The number of carbonyl (C=O) groups is 1. The zero-order valence-electron chi connectivity index (χ0n) is 21.3. The molecule has 10 nitrogen and oxygen atoms in total. The molecule has 0 aliphatic heterocycles. The van der Waals surface area contributed by atoms with Gasteiger partial charge in [-0.05, 0) is 90.7 Å². The Morgan fingerprint density at radius 2 is 1.88 bits per heavy atom. The van der Waals surface area contributed by atoms with Crippen molar-refractivity contribution in [3.63, 3.8) is 0 Å². The van der Waals surface area contributed by atoms with Gasteiger partial charge in [0, 0.05) is 29.8 Å². The first kappa shape index (κ1) is 23.6. The third kappa shape index (κ3) is 4.02. The highest BCUT2D eigenvalue weighted by molar-refractivity contribution is 5.94. The van der Waals surface area contributed by atoms with E-state index >= 15 is 0 Å². The Kier molecular flexibility index (Phi) is 5.52. The molecule has 4 aromatic heterocycles. The Balaban J connectivity index is 1.31. The summed E-state index contributed by atoms with van der Waals surface area (Å²) >= 11 is 0. The standard InChI is InChI=1S/C30H24N8O2/c31-27-23(3-1-14-32-27)28-34-25-12-13-26(37-16-2-15-33-37)36-29(25)38(28)20-7-10-22-19(17-20)6-11-24(22)35-30(40)18-4-8-21(39)9-5-18/h1-5,7-10,12-17,24,39H,6,11H2,(H2,31,32)(H,35,40)/t24-/m0/s1. The molecule has 1 atom stereocenters. The number of anilines is 1. The maximum Gasteiger partial charge on any atom is 0.251 e. The lowest BCUT2D eigenvalue weighted by atomic mass is 10.1. The van der Waals surface area contributed by atoms with E-state index < -0.39 is 0 Å². The summed E-state index contributed by atoms with van der Waals surface area (Å²) in [5.41, 5.74) is 12.0. The summed E-state index contributed by atoms with van der Waals surface area (Å²) < 4.78 is 3.71. The van der Waals surface area contributed by atoms with Crippen molar-refractivity contribution < 1.29 is 9.90 Å². The lowest BCUT2D eigenvalue weighted by Gasteiger charge is -2.16. The number of nitrogen functional groups attached to an aromatic ring is 1. The van der Waals surface area contributed by atoms with E-state index in [2.05, 4.69) is 27.5 Å². The maximum absolute atomic E-state index is 12.8. The Morgan fingerprint density at radius 3 is 2.67 bits per heavy atom. The number of nitrogens with two attached hydrogens (primary N) is 1. The number of phenols is 1. The van der Waals surface area contributed by atoms with Crippen LogP contribution in [-0.2, 0) is 6.42 Å². The molecule has 0 bridgehead atoms. The molecule has 4 N–H and O–H groups in total. The lowest BCUT2D eigenvalue weighted by Crippen LogP contribution is -2.27. The number of nitrogens with zero attached hydrogens (tertiary/aromatic N) is 6. The average Bonchev–Trinajstić information content (AvgIpc) is 3.72. The van der Waals surface area contributed by atoms with Crippen LogP contribution in [-0.4, -0.2) is 40.3 Å². The smallest absolute Gasteiger partial charge is 0.251 e. The fourth-order valence-corrected chi connectivity index (χ4v) is 5.26. The Labute approximate surface area is 228 Å². The lowest BCUT2D eigenvalue weighted by molar-refractivity contribution is 0.0936. The van der Waals surface area contributed by atoms with Crippen LogP contribution in [0.15, 0.2) is 91.4 Å². The van der Waals surface area contributed by atoms with Crippen LogP contribution in [0.5, 0.6) is 5.75 Å². The minimum absolute atomic E-state index is 0.108. The molecule has 0 radical (unpaired) electrons. The summed E-state index contributed by atoms with van der Waals surface area (Å²) in [5, 5.41) is 17.0. The predicted molar refractivity (Wildman–Crippen MR) is 150 cm³/mol. The number of fused-ring (bicyclic) bond motifs is 2. The molecular formula is C30H24N8O2. The van der Waals surface area contributed by atoms with Crippen molar-refractivity contribution in [2.45, 2.75) is 18.9 Å². The fraction of sp³-hybridized carbons (Fsp3) is 0.100. The van der Waals surface area contributed by atoms with E-state index in [9.17, 15) is 9.90 Å². The number of aromatic nitrogens is 6. The molecule has 0 spiro atoms. The molecular weight excluding hydrogens is 504 g/mol. The van der Waals surface area contributed by atoms with Crippen LogP contribution in [0.4, 0.5) is 5.82 Å². The number of imidazole rings is 1. The molecule has 7 rings (SSSR count). The van der Waals surface area contributed by atoms with Crippen LogP contribution in [0.3, 0.4) is 0 Å². The predicted octanol–water partition coefficient (Wildman–Crippen LogP) is 4.37. The molecule has 1 aliphatic carbocycles. The van der Waals surface area contributed by atoms with Crippen molar-refractivity contribution in [3.05, 3.63) is 108 Å². The first-order valence-corrected chi connectivity index (χ1v) is 12.9. The molecule has 40 heavy (non-hydrogen) atoms. The van der Waals surface area contributed by atoms with Gasteiger partial charge in [-0.3, -0.25) is 9.36 Å². The molecule has 6 aromatic rings. The topological polar surface area (TPSA) is 137 Å². The second-order valence-electron chi connectivity index (χ2n) is 9.66. The molecule has 1 aliphatic rings. The number of aromatic hydroxyl groups is 1. The summed E-state index contributed by atoms with van der Waals surface area (Å²) in [7, 11) is 0. The number of rotatable bonds is 5. The number of phenolic OH excluding ortho intramolecular Hbond substituents is 1. The average molecular weight is 529 g/mol. The second kappa shape index (κ2) is 9.35. The van der Waals surface area contributed by atoms with Crippen LogP contribution in [0.25, 0.3) is 34.1 Å². The van der Waals surface area contributed by atoms with E-state index in [4.69, 9.17) is 15.7 Å². The Hall–Kier alpha value is -5.51. The van der Waals surface area contributed by atoms with Gasteiger partial charge >= 0.3 is 0 Å². The third-order valence-corrected chi connectivity index (χ3v) is 7.21. The number of aryl methyl sites for hydroxylation is 1. The molecule has 0 unspecified atom stereocenters. The van der Waals surface area contributed by atoms with Gasteiger partial charge in [0.15, 0.2) is 17.3 Å². The molecule has 0 saturated carbocycles. The maximum atomic E-state index is 12.8. The highest BCUT2D eigenvalue weighted by Crippen LogP contribution is 2.36. The fourth-order valence-electron chi connectivity index (χ4n) is 5.26. The summed E-state index contributed by atoms with van der Waals surface area (Å²) in [5.74, 6) is 1.64. The number of hydrogen-bond acceptors (Lipinski definition) is 7. The van der Waals surface area contributed by atoms with Gasteiger partial charge in [0.05, 0.1) is 11.6 Å². The van der Waals surface area contributed by atoms with Gasteiger partial charge in [-0.2, -0.15) is 5.10 Å². The molecule has 196 valence electrons. The summed E-state index contributed by atoms with van der Waals surface area (Å²) in [6.07, 6.45) is 6.81. The molecule has 0 saturated heterocycles. The zero-order valence-corrected chi connectivity index (χ0v) is 21.3. The van der Waals surface area contributed by atoms with E-state index in [1.54, 1.807) is 29.2 Å². The van der Waals surface area contributed by atoms with Crippen molar-refractivity contribution in [2.75, 3.05) is 5.73 Å². The SMILES string of the molecule is Nc1ncccc1-c1nc2ccc(-n3cccn3)nc2n1-c1ccc2c(c1)CC[C@@H]2NC(=O)c1ccc(O)cc1. The molecule has 1 amide bonds. The van der Waals surface area contributed by atoms with Crippen LogP contribution < -0.4 is 11.1 Å². The van der Waals surface area contributed by atoms with Gasteiger partial charge in [0.1, 0.15) is 17.1 Å². The van der Waals surface area contributed by atoms with Crippen molar-refractivity contribution in [1.29, 1.82) is 0 Å². The van der Waals surface area contributed by atoms with Crippen LogP contribution in [0.1, 0.15) is 33.9 Å². The van der Waals surface area contributed by atoms with Crippen LogP contribution in [0, 0.1) is 0 Å². The van der Waals surface area contributed by atoms with Crippen LogP contribution >= 0.6 is 0 Å². The highest BCUT2D eigenvalue weighted by atomic mass is 16.3. The minimum atomic E-state index is -0.174. The van der Waals surface area contributed by atoms with Crippen molar-refractivity contribution in [2.24, 2.45) is 0 Å². The number of pyridine rings is 2. The minimum Gasteiger partial charge on any atom is -0.508 e. The van der Waals surface area contributed by atoms with Gasteiger partial charge in [-0.15, -0.1) is 0 Å². The zero-order chi connectivity index (χ0) is 27.2. The van der Waals surface area contributed by atoms with E-state index in [1.807, 2.05) is 47.2 Å². The normalized spacial score (nSPS) is 14.3. The second-order valence-corrected chi connectivity index (χ2v) is 9.66. The monoisotopic (exact) mass is 528 g/mol. The molecule has 4 heterocycles. The third-order valence-electron chi connectivity index (χ3n) is 7.21. The molecule has 2 aromatic carbocycles. The van der Waals surface area contributed by atoms with E-state index in [0.29, 0.717) is 39.8 Å². The van der Waals surface area contributed by atoms with Gasteiger partial charge in [-0.25, -0.2) is 19.6 Å². The largest absolute Gasteiger partial charge is 0.508 e. The number of hydrogen-bond donors (Lipinski definition) is 3. The van der Waals surface area contributed by atoms with Gasteiger partial charge in [0.2, 0.25) is 0 Å².